The molecule has 2 rings (SSSR count). The van der Waals surface area contributed by atoms with Crippen LogP contribution in [0.3, 0.4) is 0 Å². The lowest BCUT2D eigenvalue weighted by molar-refractivity contribution is -0.907. The van der Waals surface area contributed by atoms with Crippen LogP contribution in [0.1, 0.15) is 29.2 Å². The van der Waals surface area contributed by atoms with Gasteiger partial charge in [0.05, 0.1) is 20.8 Å². The number of aromatic hydroxyl groups is 1. The first-order chi connectivity index (χ1) is 11.4. The third-order valence-corrected chi connectivity index (χ3v) is 4.22. The zero-order valence-electron chi connectivity index (χ0n) is 15.3. The average molecular weight is 330 g/mol. The Morgan fingerprint density at radius 3 is 2.38 bits per heavy atom. The minimum Gasteiger partial charge on any atom is -0.507 e. The lowest BCUT2D eigenvalue weighted by Crippen LogP contribution is -3.06. The van der Waals surface area contributed by atoms with Crippen LogP contribution in [0.15, 0.2) is 30.3 Å². The summed E-state index contributed by atoms with van der Waals surface area (Å²) in [6.45, 7) is 8.28. The third-order valence-electron chi connectivity index (χ3n) is 4.22. The molecule has 1 unspecified atom stereocenters. The molecule has 0 radical (unpaired) electrons. The fraction of sp³-hybridized carbons (Fsp3) is 0.400. The van der Waals surface area contributed by atoms with Crippen LogP contribution < -0.4 is 14.4 Å². The molecule has 1 atom stereocenters. The number of hydrogen-bond acceptors (Lipinski definition) is 3. The van der Waals surface area contributed by atoms with Gasteiger partial charge in [-0.3, -0.25) is 0 Å². The topological polar surface area (TPSA) is 43.1 Å². The smallest absolute Gasteiger partial charge is 0.161 e. The highest BCUT2D eigenvalue weighted by atomic mass is 16.5. The van der Waals surface area contributed by atoms with Crippen LogP contribution in [0.5, 0.6) is 17.2 Å². The molecule has 0 bridgehead atoms. The Labute approximate surface area is 144 Å². The molecular weight excluding hydrogens is 302 g/mol. The zero-order chi connectivity index (χ0) is 17.7. The summed E-state index contributed by atoms with van der Waals surface area (Å²) < 4.78 is 11.0. The number of rotatable bonds is 7. The zero-order valence-corrected chi connectivity index (χ0v) is 15.3. The van der Waals surface area contributed by atoms with Crippen molar-refractivity contribution in [1.29, 1.82) is 0 Å². The largest absolute Gasteiger partial charge is 0.507 e. The van der Waals surface area contributed by atoms with Gasteiger partial charge in [-0.05, 0) is 62.2 Å². The van der Waals surface area contributed by atoms with E-state index >= 15 is 0 Å². The SMILES string of the molecule is CCOc1ccc(C[NH+](C)Cc2cc(C)c(C)cc2O)cc1OC. The molecule has 0 saturated carbocycles. The summed E-state index contributed by atoms with van der Waals surface area (Å²) in [5, 5.41) is 10.2. The molecule has 0 fully saturated rings. The van der Waals surface area contributed by atoms with Gasteiger partial charge in [-0.1, -0.05) is 0 Å². The summed E-state index contributed by atoms with van der Waals surface area (Å²) in [4.78, 5) is 1.29. The van der Waals surface area contributed by atoms with Crippen molar-refractivity contribution in [2.45, 2.75) is 33.9 Å². The summed E-state index contributed by atoms with van der Waals surface area (Å²) >= 11 is 0. The van der Waals surface area contributed by atoms with Crippen molar-refractivity contribution < 1.29 is 19.5 Å². The van der Waals surface area contributed by atoms with Crippen molar-refractivity contribution in [2.24, 2.45) is 0 Å². The molecule has 24 heavy (non-hydrogen) atoms. The first-order valence-electron chi connectivity index (χ1n) is 8.34. The Hall–Kier alpha value is -2.20. The maximum atomic E-state index is 10.2. The lowest BCUT2D eigenvalue weighted by Gasteiger charge is -2.17. The second-order valence-electron chi connectivity index (χ2n) is 6.29. The molecule has 0 amide bonds. The summed E-state index contributed by atoms with van der Waals surface area (Å²) in [5.41, 5.74) is 4.48. The summed E-state index contributed by atoms with van der Waals surface area (Å²) in [6.07, 6.45) is 0. The van der Waals surface area contributed by atoms with E-state index in [1.54, 1.807) is 7.11 Å². The van der Waals surface area contributed by atoms with Gasteiger partial charge in [0.1, 0.15) is 18.8 Å². The minimum absolute atomic E-state index is 0.377. The molecule has 0 heterocycles. The van der Waals surface area contributed by atoms with Crippen molar-refractivity contribution in [3.8, 4) is 17.2 Å². The van der Waals surface area contributed by atoms with Gasteiger partial charge in [-0.15, -0.1) is 0 Å². The van der Waals surface area contributed by atoms with Gasteiger partial charge < -0.3 is 19.5 Å². The van der Waals surface area contributed by atoms with Gasteiger partial charge in [0.25, 0.3) is 0 Å². The van der Waals surface area contributed by atoms with E-state index in [1.165, 1.54) is 16.0 Å². The molecule has 0 aliphatic carbocycles. The van der Waals surface area contributed by atoms with Crippen molar-refractivity contribution >= 4 is 0 Å². The first-order valence-corrected chi connectivity index (χ1v) is 8.34. The molecule has 4 nitrogen and oxygen atoms in total. The number of phenols is 1. The van der Waals surface area contributed by atoms with E-state index in [0.717, 1.165) is 35.7 Å². The summed E-state index contributed by atoms with van der Waals surface area (Å²) in [5.74, 6) is 1.91. The van der Waals surface area contributed by atoms with Gasteiger partial charge in [0.2, 0.25) is 0 Å². The molecule has 2 aromatic rings. The van der Waals surface area contributed by atoms with Crippen molar-refractivity contribution in [1.82, 2.24) is 0 Å². The van der Waals surface area contributed by atoms with Crippen LogP contribution in [0.2, 0.25) is 0 Å². The predicted octanol–water partition coefficient (Wildman–Crippen LogP) is 2.63. The van der Waals surface area contributed by atoms with Crippen LogP contribution in [0, 0.1) is 13.8 Å². The summed E-state index contributed by atoms with van der Waals surface area (Å²) in [7, 11) is 3.78. The number of aryl methyl sites for hydroxylation is 2. The Morgan fingerprint density at radius 1 is 1.00 bits per heavy atom. The van der Waals surface area contributed by atoms with Crippen LogP contribution >= 0.6 is 0 Å². The quantitative estimate of drug-likeness (QED) is 0.820. The van der Waals surface area contributed by atoms with E-state index in [0.29, 0.717) is 12.4 Å². The molecule has 130 valence electrons. The molecule has 2 N–H and O–H groups in total. The van der Waals surface area contributed by atoms with E-state index in [4.69, 9.17) is 9.47 Å². The van der Waals surface area contributed by atoms with Gasteiger partial charge in [-0.2, -0.15) is 0 Å². The van der Waals surface area contributed by atoms with Crippen LogP contribution in [0.4, 0.5) is 0 Å². The van der Waals surface area contributed by atoms with Crippen LogP contribution in [-0.2, 0) is 13.1 Å². The maximum Gasteiger partial charge on any atom is 0.161 e. The molecule has 0 aliphatic heterocycles. The third kappa shape index (κ3) is 4.42. The maximum absolute atomic E-state index is 10.2. The predicted molar refractivity (Wildman–Crippen MR) is 96.0 cm³/mol. The highest BCUT2D eigenvalue weighted by molar-refractivity contribution is 5.43. The van der Waals surface area contributed by atoms with Crippen LogP contribution in [0.25, 0.3) is 0 Å². The molecule has 0 spiro atoms. The van der Waals surface area contributed by atoms with Crippen LogP contribution in [-0.4, -0.2) is 25.9 Å². The highest BCUT2D eigenvalue weighted by Gasteiger charge is 2.12. The van der Waals surface area contributed by atoms with E-state index in [1.807, 2.05) is 32.0 Å². The second-order valence-corrected chi connectivity index (χ2v) is 6.29. The van der Waals surface area contributed by atoms with E-state index in [-0.39, 0.29) is 0 Å². The Kier molecular flexibility index (Phi) is 6.10. The second kappa shape index (κ2) is 8.06. The van der Waals surface area contributed by atoms with Gasteiger partial charge in [0, 0.05) is 11.1 Å². The number of phenolic OH excluding ortho intramolecular Hbond substituents is 1. The van der Waals surface area contributed by atoms with Crippen molar-refractivity contribution in [2.75, 3.05) is 20.8 Å². The van der Waals surface area contributed by atoms with E-state index in [9.17, 15) is 5.11 Å². The standard InChI is InChI=1S/C20H27NO3/c1-6-24-19-8-7-16(11-20(19)23-5)12-21(4)13-17-9-14(2)15(3)10-18(17)22/h7-11,22H,6,12-13H2,1-5H3/p+1. The average Bonchev–Trinajstić information content (AvgIpc) is 2.54. The molecule has 4 heteroatoms. The molecule has 0 aliphatic rings. The fourth-order valence-corrected chi connectivity index (χ4v) is 2.84. The minimum atomic E-state index is 0.377. The number of benzene rings is 2. The van der Waals surface area contributed by atoms with Crippen molar-refractivity contribution in [3.63, 3.8) is 0 Å². The van der Waals surface area contributed by atoms with E-state index in [2.05, 4.69) is 26.1 Å². The highest BCUT2D eigenvalue weighted by Crippen LogP contribution is 2.27. The number of quaternary nitrogens is 1. The molecule has 0 saturated heterocycles. The Balaban J connectivity index is 2.09. The number of ether oxygens (including phenoxy) is 2. The summed E-state index contributed by atoms with van der Waals surface area (Å²) in [6, 6.07) is 9.97. The fourth-order valence-electron chi connectivity index (χ4n) is 2.84. The van der Waals surface area contributed by atoms with Gasteiger partial charge >= 0.3 is 0 Å². The lowest BCUT2D eigenvalue weighted by atomic mass is 10.0. The molecular formula is C20H28NO3+. The Morgan fingerprint density at radius 2 is 1.71 bits per heavy atom. The molecule has 2 aromatic carbocycles. The Bertz CT molecular complexity index is 698. The van der Waals surface area contributed by atoms with Crippen molar-refractivity contribution in [3.05, 3.63) is 52.6 Å². The van der Waals surface area contributed by atoms with E-state index < -0.39 is 0 Å². The monoisotopic (exact) mass is 330 g/mol. The first kappa shape index (κ1) is 18.1. The molecule has 0 aromatic heterocycles. The number of hydrogen-bond donors (Lipinski definition) is 2. The normalized spacial score (nSPS) is 12.0. The van der Waals surface area contributed by atoms with Gasteiger partial charge in [0.15, 0.2) is 11.5 Å². The number of methoxy groups -OCH3 is 1. The number of nitrogens with one attached hydrogen (secondary N) is 1. The van der Waals surface area contributed by atoms with Gasteiger partial charge in [-0.25, -0.2) is 0 Å².